The van der Waals surface area contributed by atoms with Gasteiger partial charge in [0.2, 0.25) is 0 Å². The Morgan fingerprint density at radius 2 is 2.19 bits per heavy atom. The minimum atomic E-state index is -1.06. The van der Waals surface area contributed by atoms with Crippen molar-refractivity contribution in [3.63, 3.8) is 0 Å². The number of nitrogens with one attached hydrogen (secondary N) is 1. The number of aromatic nitrogens is 1. The fourth-order valence-electron chi connectivity index (χ4n) is 1.58. The summed E-state index contributed by atoms with van der Waals surface area (Å²) >= 11 is 1.54. The molecule has 4 nitrogen and oxygen atoms in total. The van der Waals surface area contributed by atoms with Gasteiger partial charge in [-0.2, -0.15) is 0 Å². The predicted octanol–water partition coefficient (Wildman–Crippen LogP) is -1.10. The van der Waals surface area contributed by atoms with Crippen molar-refractivity contribution in [2.24, 2.45) is 0 Å². The number of carboxylic acid groups (broad SMARTS) is 1. The molecule has 0 atom stereocenters. The lowest BCUT2D eigenvalue weighted by Crippen LogP contribution is -3.11. The molecule has 1 heterocycles. The first-order valence-corrected chi connectivity index (χ1v) is 6.50. The average Bonchev–Trinajstić information content (AvgIpc) is 2.66. The van der Waals surface area contributed by atoms with E-state index in [1.54, 1.807) is 0 Å². The number of likely N-dealkylation sites (N-methyl/N-ethyl adjacent to an activating group) is 1. The summed E-state index contributed by atoms with van der Waals surface area (Å²) < 4.78 is 0. The molecule has 0 saturated carbocycles. The van der Waals surface area contributed by atoms with Crippen LogP contribution in [0.25, 0.3) is 0 Å². The number of quaternary nitrogens is 1. The highest BCUT2D eigenvalue weighted by Gasteiger charge is 2.06. The number of hydrogen-bond donors (Lipinski definition) is 1. The average molecular weight is 242 g/mol. The molecule has 0 radical (unpaired) electrons. The number of carboxylic acids is 1. The molecule has 0 bridgehead atoms. The van der Waals surface area contributed by atoms with E-state index in [1.807, 2.05) is 5.38 Å². The SMILES string of the molecule is CC[NH+](CC)CCc1nc(CC(=O)[O-])cs1. The summed E-state index contributed by atoms with van der Waals surface area (Å²) in [5.74, 6) is -1.06. The Labute approximate surface area is 99.9 Å². The van der Waals surface area contributed by atoms with Crippen LogP contribution in [0.3, 0.4) is 0 Å². The molecule has 0 aliphatic carbocycles. The van der Waals surface area contributed by atoms with Gasteiger partial charge in [-0.1, -0.05) is 0 Å². The van der Waals surface area contributed by atoms with Crippen LogP contribution in [0, 0.1) is 0 Å². The quantitative estimate of drug-likeness (QED) is 0.660. The van der Waals surface area contributed by atoms with E-state index >= 15 is 0 Å². The second-order valence-corrected chi connectivity index (χ2v) is 4.68. The maximum Gasteiger partial charge on any atom is 0.0984 e. The summed E-state index contributed by atoms with van der Waals surface area (Å²) in [5.41, 5.74) is 0.620. The van der Waals surface area contributed by atoms with Crippen LogP contribution in [-0.2, 0) is 17.6 Å². The number of nitrogens with zero attached hydrogens (tertiary/aromatic N) is 1. The standard InChI is InChI=1S/C11H18N2O2S/c1-3-13(4-2)6-5-10-12-9(8-16-10)7-11(14)15/h8H,3-7H2,1-2H3,(H,14,15). The molecule has 0 aromatic carbocycles. The van der Waals surface area contributed by atoms with Gasteiger partial charge in [-0.3, -0.25) is 0 Å². The molecule has 0 aliphatic rings. The van der Waals surface area contributed by atoms with Crippen LogP contribution in [-0.4, -0.2) is 30.6 Å². The largest absolute Gasteiger partial charge is 0.550 e. The molecular formula is C11H18N2O2S. The molecule has 1 rings (SSSR count). The van der Waals surface area contributed by atoms with Gasteiger partial charge >= 0.3 is 0 Å². The lowest BCUT2D eigenvalue weighted by Gasteiger charge is -2.13. The topological polar surface area (TPSA) is 57.5 Å². The molecule has 1 aromatic rings. The van der Waals surface area contributed by atoms with E-state index < -0.39 is 5.97 Å². The van der Waals surface area contributed by atoms with Crippen molar-refractivity contribution in [2.45, 2.75) is 26.7 Å². The third-order valence-electron chi connectivity index (χ3n) is 2.62. The van der Waals surface area contributed by atoms with Crippen LogP contribution in [0.2, 0.25) is 0 Å². The highest BCUT2D eigenvalue weighted by Crippen LogP contribution is 2.09. The Morgan fingerprint density at radius 1 is 1.50 bits per heavy atom. The summed E-state index contributed by atoms with van der Waals surface area (Å²) in [6, 6.07) is 0. The van der Waals surface area contributed by atoms with E-state index in [2.05, 4.69) is 18.8 Å². The van der Waals surface area contributed by atoms with Crippen molar-refractivity contribution in [3.05, 3.63) is 16.1 Å². The number of carbonyl (C=O) groups excluding carboxylic acids is 1. The molecule has 90 valence electrons. The molecule has 5 heteroatoms. The third kappa shape index (κ3) is 4.28. The molecule has 0 aliphatic heterocycles. The molecule has 0 spiro atoms. The first kappa shape index (κ1) is 13.1. The first-order chi connectivity index (χ1) is 7.65. The normalized spacial score (nSPS) is 10.9. The molecule has 0 saturated heterocycles. The maximum atomic E-state index is 10.4. The van der Waals surface area contributed by atoms with Crippen molar-refractivity contribution in [1.82, 2.24) is 4.98 Å². The van der Waals surface area contributed by atoms with Crippen LogP contribution >= 0.6 is 11.3 Å². The number of hydrogen-bond acceptors (Lipinski definition) is 4. The molecular weight excluding hydrogens is 224 g/mol. The monoisotopic (exact) mass is 242 g/mol. The minimum Gasteiger partial charge on any atom is -0.550 e. The molecule has 16 heavy (non-hydrogen) atoms. The number of rotatable bonds is 7. The van der Waals surface area contributed by atoms with Crippen LogP contribution in [0.1, 0.15) is 24.5 Å². The van der Waals surface area contributed by atoms with Crippen molar-refractivity contribution in [2.75, 3.05) is 19.6 Å². The van der Waals surface area contributed by atoms with Gasteiger partial charge in [-0.05, 0) is 13.8 Å². The summed E-state index contributed by atoms with van der Waals surface area (Å²) in [4.78, 5) is 16.2. The van der Waals surface area contributed by atoms with Crippen molar-refractivity contribution < 1.29 is 14.8 Å². The number of carbonyl (C=O) groups is 1. The molecule has 0 amide bonds. The van der Waals surface area contributed by atoms with Gasteiger partial charge in [0, 0.05) is 24.2 Å². The Bertz CT molecular complexity index is 334. The molecule has 0 fully saturated rings. The summed E-state index contributed by atoms with van der Waals surface area (Å²) in [5, 5.41) is 13.2. The lowest BCUT2D eigenvalue weighted by molar-refractivity contribution is -0.896. The lowest BCUT2D eigenvalue weighted by atomic mass is 10.3. The van der Waals surface area contributed by atoms with Gasteiger partial charge < -0.3 is 14.8 Å². The predicted molar refractivity (Wildman–Crippen MR) is 61.4 cm³/mol. The zero-order valence-corrected chi connectivity index (χ0v) is 10.6. The summed E-state index contributed by atoms with van der Waals surface area (Å²) in [6.45, 7) is 7.64. The van der Waals surface area contributed by atoms with E-state index in [0.717, 1.165) is 31.1 Å². The van der Waals surface area contributed by atoms with E-state index in [-0.39, 0.29) is 6.42 Å². The van der Waals surface area contributed by atoms with Gasteiger partial charge in [0.25, 0.3) is 0 Å². The fraction of sp³-hybridized carbons (Fsp3) is 0.636. The molecule has 1 aromatic heterocycles. The van der Waals surface area contributed by atoms with Crippen LogP contribution in [0.4, 0.5) is 0 Å². The van der Waals surface area contributed by atoms with Gasteiger partial charge in [-0.15, -0.1) is 11.3 Å². The fourth-order valence-corrected chi connectivity index (χ4v) is 2.38. The summed E-state index contributed by atoms with van der Waals surface area (Å²) in [6.07, 6.45) is 0.851. The summed E-state index contributed by atoms with van der Waals surface area (Å²) in [7, 11) is 0. The second kappa shape index (κ2) is 6.60. The maximum absolute atomic E-state index is 10.4. The van der Waals surface area contributed by atoms with Crippen LogP contribution in [0.15, 0.2) is 5.38 Å². The zero-order chi connectivity index (χ0) is 12.0. The molecule has 1 N–H and O–H groups in total. The van der Waals surface area contributed by atoms with Crippen LogP contribution in [0.5, 0.6) is 0 Å². The van der Waals surface area contributed by atoms with Crippen LogP contribution < -0.4 is 10.0 Å². The smallest absolute Gasteiger partial charge is 0.0984 e. The zero-order valence-electron chi connectivity index (χ0n) is 9.78. The number of thiazole rings is 1. The Hall–Kier alpha value is -0.940. The van der Waals surface area contributed by atoms with Gasteiger partial charge in [0.15, 0.2) is 0 Å². The van der Waals surface area contributed by atoms with Crippen molar-refractivity contribution in [1.29, 1.82) is 0 Å². The van der Waals surface area contributed by atoms with Crippen molar-refractivity contribution >= 4 is 17.3 Å². The first-order valence-electron chi connectivity index (χ1n) is 5.62. The number of aliphatic carboxylic acids is 1. The Balaban J connectivity index is 2.42. The highest BCUT2D eigenvalue weighted by molar-refractivity contribution is 7.09. The van der Waals surface area contributed by atoms with E-state index in [4.69, 9.17) is 0 Å². The Kier molecular flexibility index (Phi) is 5.42. The highest BCUT2D eigenvalue weighted by atomic mass is 32.1. The van der Waals surface area contributed by atoms with E-state index in [9.17, 15) is 9.90 Å². The van der Waals surface area contributed by atoms with Crippen molar-refractivity contribution in [3.8, 4) is 0 Å². The van der Waals surface area contributed by atoms with Gasteiger partial charge in [0.05, 0.1) is 30.3 Å². The minimum absolute atomic E-state index is 0.0748. The van der Waals surface area contributed by atoms with E-state index in [1.165, 1.54) is 16.2 Å². The van der Waals surface area contributed by atoms with E-state index in [0.29, 0.717) is 5.69 Å². The molecule has 0 unspecified atom stereocenters. The Morgan fingerprint density at radius 3 is 2.75 bits per heavy atom. The second-order valence-electron chi connectivity index (χ2n) is 3.74. The van der Waals surface area contributed by atoms with Gasteiger partial charge in [-0.25, -0.2) is 4.98 Å². The van der Waals surface area contributed by atoms with Gasteiger partial charge in [0.1, 0.15) is 0 Å². The third-order valence-corrected chi connectivity index (χ3v) is 3.57.